The Bertz CT molecular complexity index is 1130. The monoisotopic (exact) mass is 392 g/mol. The lowest BCUT2D eigenvalue weighted by molar-refractivity contribution is -0.122. The van der Waals surface area contributed by atoms with Crippen LogP contribution in [-0.2, 0) is 17.9 Å². The van der Waals surface area contributed by atoms with Crippen molar-refractivity contribution in [2.75, 3.05) is 0 Å². The second-order valence-electron chi connectivity index (χ2n) is 7.52. The van der Waals surface area contributed by atoms with Gasteiger partial charge in [-0.15, -0.1) is 0 Å². The van der Waals surface area contributed by atoms with E-state index in [0.717, 1.165) is 35.8 Å². The van der Waals surface area contributed by atoms with Crippen molar-refractivity contribution in [3.63, 3.8) is 0 Å². The molecule has 3 aromatic rings. The number of rotatable bonds is 5. The third-order valence-electron chi connectivity index (χ3n) is 5.44. The zero-order valence-electron chi connectivity index (χ0n) is 16.2. The summed E-state index contributed by atoms with van der Waals surface area (Å²) in [5, 5.41) is 3.04. The molecule has 0 spiro atoms. The second kappa shape index (κ2) is 8.43. The molecule has 29 heavy (non-hydrogen) atoms. The van der Waals surface area contributed by atoms with Gasteiger partial charge in [0.15, 0.2) is 5.52 Å². The number of carbonyl (C=O) groups is 1. The molecule has 0 radical (unpaired) electrons. The van der Waals surface area contributed by atoms with Gasteiger partial charge >= 0.3 is 5.69 Å². The molecule has 0 bridgehead atoms. The minimum Gasteiger partial charge on any atom is -0.352 e. The van der Waals surface area contributed by atoms with Crippen molar-refractivity contribution < 1.29 is 4.79 Å². The maximum atomic E-state index is 13.2. The number of nitrogens with zero attached hydrogens (tertiary/aromatic N) is 3. The van der Waals surface area contributed by atoms with E-state index in [2.05, 4.69) is 10.3 Å². The van der Waals surface area contributed by atoms with Gasteiger partial charge in [-0.3, -0.25) is 18.7 Å². The fourth-order valence-corrected chi connectivity index (χ4v) is 3.96. The minimum absolute atomic E-state index is 0.132. The van der Waals surface area contributed by atoms with E-state index in [1.54, 1.807) is 12.1 Å². The van der Waals surface area contributed by atoms with Crippen LogP contribution in [-0.4, -0.2) is 26.1 Å². The number of pyridine rings is 1. The molecular formula is C22H24N4O3. The number of fused-ring (bicyclic) bond motifs is 1. The first-order valence-corrected chi connectivity index (χ1v) is 10.0. The number of nitrogens with one attached hydrogen (secondary N) is 1. The first-order valence-electron chi connectivity index (χ1n) is 10.0. The molecule has 0 unspecified atom stereocenters. The molecule has 0 atom stereocenters. The molecule has 150 valence electrons. The van der Waals surface area contributed by atoms with Gasteiger partial charge in [0, 0.05) is 12.2 Å². The lowest BCUT2D eigenvalue weighted by atomic mass is 9.95. The fourth-order valence-electron chi connectivity index (χ4n) is 3.96. The fraction of sp³-hybridized carbons (Fsp3) is 0.364. The van der Waals surface area contributed by atoms with Gasteiger partial charge in [-0.1, -0.05) is 49.6 Å². The summed E-state index contributed by atoms with van der Waals surface area (Å²) in [5.74, 6) is -0.214. The van der Waals surface area contributed by atoms with Crippen molar-refractivity contribution >= 4 is 16.9 Å². The number of amides is 1. The third-order valence-corrected chi connectivity index (χ3v) is 5.44. The van der Waals surface area contributed by atoms with Crippen LogP contribution in [0.4, 0.5) is 0 Å². The molecule has 7 nitrogen and oxygen atoms in total. The number of hydrogen-bond acceptors (Lipinski definition) is 4. The van der Waals surface area contributed by atoms with Gasteiger partial charge in [-0.2, -0.15) is 0 Å². The summed E-state index contributed by atoms with van der Waals surface area (Å²) < 4.78 is 2.50. The van der Waals surface area contributed by atoms with Crippen molar-refractivity contribution in [2.45, 2.75) is 51.2 Å². The molecule has 4 rings (SSSR count). The van der Waals surface area contributed by atoms with Crippen LogP contribution in [0.1, 0.15) is 37.7 Å². The van der Waals surface area contributed by atoms with Gasteiger partial charge in [0.2, 0.25) is 5.91 Å². The predicted molar refractivity (Wildman–Crippen MR) is 111 cm³/mol. The maximum Gasteiger partial charge on any atom is 0.332 e. The average molecular weight is 392 g/mol. The quantitative estimate of drug-likeness (QED) is 0.720. The standard InChI is InChI=1S/C22H24N4O3/c27-19(24-17-10-5-2-6-11-17)15-25-18-12-7-13-23-20(18)21(28)26(22(25)29)14-16-8-3-1-4-9-16/h1,3-4,7-9,12-13,17H,2,5-6,10-11,14-15H2,(H,24,27). The van der Waals surface area contributed by atoms with E-state index in [0.29, 0.717) is 5.52 Å². The Morgan fingerprint density at radius 2 is 1.76 bits per heavy atom. The summed E-state index contributed by atoms with van der Waals surface area (Å²) in [6.45, 7) is 0.00185. The lowest BCUT2D eigenvalue weighted by Crippen LogP contribution is -2.44. The number of carbonyl (C=O) groups excluding carboxylic acids is 1. The zero-order valence-corrected chi connectivity index (χ0v) is 16.2. The van der Waals surface area contributed by atoms with E-state index < -0.39 is 11.2 Å². The third kappa shape index (κ3) is 4.13. The molecule has 7 heteroatoms. The van der Waals surface area contributed by atoms with E-state index in [1.165, 1.54) is 17.2 Å². The summed E-state index contributed by atoms with van der Waals surface area (Å²) in [4.78, 5) is 42.9. The number of hydrogen-bond donors (Lipinski definition) is 1. The van der Waals surface area contributed by atoms with Gasteiger partial charge in [0.05, 0.1) is 12.1 Å². The Labute approximate surface area is 168 Å². The van der Waals surface area contributed by atoms with Crippen LogP contribution in [0.2, 0.25) is 0 Å². The van der Waals surface area contributed by atoms with E-state index >= 15 is 0 Å². The summed E-state index contributed by atoms with van der Waals surface area (Å²) in [7, 11) is 0. The summed E-state index contributed by atoms with van der Waals surface area (Å²) >= 11 is 0. The minimum atomic E-state index is -0.502. The molecule has 1 saturated carbocycles. The van der Waals surface area contributed by atoms with Crippen LogP contribution in [0, 0.1) is 0 Å². The highest BCUT2D eigenvalue weighted by Gasteiger charge is 2.19. The topological polar surface area (TPSA) is 86.0 Å². The largest absolute Gasteiger partial charge is 0.352 e. The molecule has 1 amide bonds. The Hall–Kier alpha value is -3.22. The first kappa shape index (κ1) is 19.1. The van der Waals surface area contributed by atoms with Crippen LogP contribution in [0.5, 0.6) is 0 Å². The Kier molecular flexibility index (Phi) is 5.55. The Morgan fingerprint density at radius 3 is 2.52 bits per heavy atom. The van der Waals surface area contributed by atoms with E-state index in [-0.39, 0.29) is 30.6 Å². The SMILES string of the molecule is O=C(Cn1c(=O)n(Cc2ccccc2)c(=O)c2ncccc21)NC1CCCCC1. The molecule has 1 aliphatic carbocycles. The molecule has 1 fully saturated rings. The van der Waals surface area contributed by atoms with Gasteiger partial charge in [0.25, 0.3) is 5.56 Å². The number of benzene rings is 1. The van der Waals surface area contributed by atoms with E-state index in [9.17, 15) is 14.4 Å². The first-order chi connectivity index (χ1) is 14.1. The van der Waals surface area contributed by atoms with Crippen LogP contribution < -0.4 is 16.6 Å². The van der Waals surface area contributed by atoms with E-state index in [4.69, 9.17) is 0 Å². The highest BCUT2D eigenvalue weighted by Crippen LogP contribution is 2.17. The van der Waals surface area contributed by atoms with E-state index in [1.807, 2.05) is 30.3 Å². The van der Waals surface area contributed by atoms with Gasteiger partial charge < -0.3 is 5.32 Å². The Balaban J connectivity index is 1.71. The molecule has 1 N–H and O–H groups in total. The lowest BCUT2D eigenvalue weighted by Gasteiger charge is -2.23. The van der Waals surface area contributed by atoms with Crippen molar-refractivity contribution in [3.8, 4) is 0 Å². The van der Waals surface area contributed by atoms with Crippen LogP contribution in [0.25, 0.3) is 11.0 Å². The summed E-state index contributed by atoms with van der Waals surface area (Å²) in [6, 6.07) is 12.8. The van der Waals surface area contributed by atoms with Crippen molar-refractivity contribution in [1.29, 1.82) is 0 Å². The smallest absolute Gasteiger partial charge is 0.332 e. The average Bonchev–Trinajstić information content (AvgIpc) is 2.75. The molecule has 2 aromatic heterocycles. The molecule has 0 aliphatic heterocycles. The molecule has 0 saturated heterocycles. The van der Waals surface area contributed by atoms with Gasteiger partial charge in [-0.05, 0) is 30.5 Å². The maximum absolute atomic E-state index is 13.2. The normalized spacial score (nSPS) is 14.8. The molecular weight excluding hydrogens is 368 g/mol. The molecule has 1 aliphatic rings. The van der Waals surface area contributed by atoms with Crippen LogP contribution in [0.3, 0.4) is 0 Å². The zero-order chi connectivity index (χ0) is 20.2. The predicted octanol–water partition coefficient (Wildman–Crippen LogP) is 2.06. The Morgan fingerprint density at radius 1 is 1.00 bits per heavy atom. The van der Waals surface area contributed by atoms with Gasteiger partial charge in [-0.25, -0.2) is 9.78 Å². The van der Waals surface area contributed by atoms with Crippen LogP contribution in [0.15, 0.2) is 58.3 Å². The highest BCUT2D eigenvalue weighted by molar-refractivity contribution is 5.79. The van der Waals surface area contributed by atoms with Crippen molar-refractivity contribution in [1.82, 2.24) is 19.4 Å². The summed E-state index contributed by atoms with van der Waals surface area (Å²) in [5.41, 5.74) is 0.454. The summed E-state index contributed by atoms with van der Waals surface area (Å²) in [6.07, 6.45) is 6.88. The van der Waals surface area contributed by atoms with Gasteiger partial charge in [0.1, 0.15) is 6.54 Å². The molecule has 1 aromatic carbocycles. The van der Waals surface area contributed by atoms with Crippen LogP contribution >= 0.6 is 0 Å². The molecule has 2 heterocycles. The van der Waals surface area contributed by atoms with Crippen molar-refractivity contribution in [2.24, 2.45) is 0 Å². The highest BCUT2D eigenvalue weighted by atomic mass is 16.2. The second-order valence-corrected chi connectivity index (χ2v) is 7.52. The van der Waals surface area contributed by atoms with Crippen molar-refractivity contribution in [3.05, 3.63) is 75.1 Å². The number of aromatic nitrogens is 3.